The van der Waals surface area contributed by atoms with E-state index in [-0.39, 0.29) is 23.4 Å². The molecule has 9 nitrogen and oxygen atoms in total. The number of rotatable bonds is 6. The van der Waals surface area contributed by atoms with Crippen LogP contribution < -0.4 is 11.1 Å². The molecule has 1 amide bonds. The largest absolute Gasteiger partial charge is 0.417 e. The molecule has 4 heterocycles. The van der Waals surface area contributed by atoms with Gasteiger partial charge in [-0.1, -0.05) is 0 Å². The van der Waals surface area contributed by atoms with Gasteiger partial charge in [0, 0.05) is 43.0 Å². The first-order valence-corrected chi connectivity index (χ1v) is 11.0. The first-order chi connectivity index (χ1) is 16.1. The number of aliphatic hydroxyl groups excluding tert-OH is 1. The van der Waals surface area contributed by atoms with Crippen LogP contribution in [0.1, 0.15) is 31.7 Å². The van der Waals surface area contributed by atoms with E-state index in [0.29, 0.717) is 48.4 Å². The van der Waals surface area contributed by atoms with Crippen LogP contribution in [0.4, 0.5) is 24.8 Å². The normalized spacial score (nSPS) is 16.1. The van der Waals surface area contributed by atoms with Gasteiger partial charge in [-0.3, -0.25) is 4.79 Å². The third kappa shape index (κ3) is 5.22. The number of nitrogen functional groups attached to an aromatic ring is 1. The standard InChI is InChI=1S/C22H26F3N7O2/c1-12(33)6-18(34)32-4-2-13(3-5-32)8-29-21-30-11-17(26)19(31-21)16-10-28-20-15(16)7-14(9-27-20)22(23,24)25/h7,9-13,33H,2-6,8,26H2,1H3,(H,27,28)(H,29,30,31)/t12-/m0/s1. The number of anilines is 2. The second-order valence-electron chi connectivity index (χ2n) is 8.58. The number of amides is 1. The number of aromatic amines is 1. The lowest BCUT2D eigenvalue weighted by atomic mass is 9.96. The van der Waals surface area contributed by atoms with Crippen molar-refractivity contribution >= 4 is 28.6 Å². The number of hydrogen-bond acceptors (Lipinski definition) is 7. The summed E-state index contributed by atoms with van der Waals surface area (Å²) in [5, 5.41) is 12.8. The zero-order chi connectivity index (χ0) is 24.5. The average Bonchev–Trinajstić information content (AvgIpc) is 3.21. The van der Waals surface area contributed by atoms with Crippen LogP contribution >= 0.6 is 0 Å². The number of nitrogens with two attached hydrogens (primary N) is 1. The van der Waals surface area contributed by atoms with Crippen LogP contribution in [-0.2, 0) is 11.0 Å². The number of halogens is 3. The van der Waals surface area contributed by atoms with Gasteiger partial charge in [0.15, 0.2) is 0 Å². The number of carbonyl (C=O) groups is 1. The van der Waals surface area contributed by atoms with E-state index in [4.69, 9.17) is 5.73 Å². The van der Waals surface area contributed by atoms with E-state index in [1.165, 1.54) is 12.4 Å². The molecule has 0 aromatic carbocycles. The molecule has 3 aromatic rings. The Hall–Kier alpha value is -3.41. The van der Waals surface area contributed by atoms with E-state index in [1.807, 2.05) is 0 Å². The summed E-state index contributed by atoms with van der Waals surface area (Å²) in [4.78, 5) is 29.2. The number of alkyl halides is 3. The first-order valence-electron chi connectivity index (χ1n) is 11.0. The fourth-order valence-corrected chi connectivity index (χ4v) is 4.05. The summed E-state index contributed by atoms with van der Waals surface area (Å²) in [6, 6.07) is 1.02. The molecule has 3 aromatic heterocycles. The molecule has 0 spiro atoms. The Morgan fingerprint density at radius 1 is 1.32 bits per heavy atom. The van der Waals surface area contributed by atoms with E-state index >= 15 is 0 Å². The van der Waals surface area contributed by atoms with E-state index < -0.39 is 17.8 Å². The SMILES string of the molecule is C[C@H](O)CC(=O)N1CCC(CNc2ncc(N)c(-c3c[nH]c4ncc(C(F)(F)F)cc34)n2)CC1. The molecule has 1 saturated heterocycles. The number of nitrogens with zero attached hydrogens (tertiary/aromatic N) is 4. The molecule has 34 heavy (non-hydrogen) atoms. The highest BCUT2D eigenvalue weighted by molar-refractivity contribution is 5.95. The Morgan fingerprint density at radius 3 is 2.74 bits per heavy atom. The smallest absolute Gasteiger partial charge is 0.396 e. The molecule has 1 aliphatic rings. The average molecular weight is 477 g/mol. The van der Waals surface area contributed by atoms with Gasteiger partial charge in [0.25, 0.3) is 0 Å². The summed E-state index contributed by atoms with van der Waals surface area (Å²) in [5.74, 6) is 0.563. The molecule has 0 unspecified atom stereocenters. The highest BCUT2D eigenvalue weighted by atomic mass is 19.4. The minimum absolute atomic E-state index is 0.0465. The Labute approximate surface area is 193 Å². The van der Waals surface area contributed by atoms with Gasteiger partial charge in [-0.2, -0.15) is 13.2 Å². The number of carbonyl (C=O) groups excluding carboxylic acids is 1. The van der Waals surface area contributed by atoms with Gasteiger partial charge in [-0.15, -0.1) is 0 Å². The van der Waals surface area contributed by atoms with Crippen LogP contribution in [0.3, 0.4) is 0 Å². The lowest BCUT2D eigenvalue weighted by molar-refractivity contribution is -0.137. The van der Waals surface area contributed by atoms with E-state index in [1.54, 1.807) is 11.8 Å². The monoisotopic (exact) mass is 477 g/mol. The molecule has 0 saturated carbocycles. The topological polar surface area (TPSA) is 133 Å². The number of hydrogen-bond donors (Lipinski definition) is 4. The number of piperidine rings is 1. The van der Waals surface area contributed by atoms with Crippen molar-refractivity contribution in [3.63, 3.8) is 0 Å². The predicted octanol–water partition coefficient (Wildman–Crippen LogP) is 3.04. The summed E-state index contributed by atoms with van der Waals surface area (Å²) >= 11 is 0. The minimum atomic E-state index is -4.52. The predicted molar refractivity (Wildman–Crippen MR) is 121 cm³/mol. The minimum Gasteiger partial charge on any atom is -0.396 e. The van der Waals surface area contributed by atoms with Crippen LogP contribution in [0.15, 0.2) is 24.7 Å². The lowest BCUT2D eigenvalue weighted by Gasteiger charge is -2.32. The zero-order valence-electron chi connectivity index (χ0n) is 18.6. The second-order valence-corrected chi connectivity index (χ2v) is 8.58. The summed E-state index contributed by atoms with van der Waals surface area (Å²) in [6.45, 7) is 3.41. The maximum atomic E-state index is 13.2. The van der Waals surface area contributed by atoms with Gasteiger partial charge in [-0.05, 0) is 31.7 Å². The third-order valence-electron chi connectivity index (χ3n) is 5.92. The summed E-state index contributed by atoms with van der Waals surface area (Å²) in [5.41, 5.74) is 6.43. The van der Waals surface area contributed by atoms with Crippen LogP contribution in [0, 0.1) is 5.92 Å². The van der Waals surface area contributed by atoms with Gasteiger partial charge in [-0.25, -0.2) is 15.0 Å². The molecule has 1 atom stereocenters. The third-order valence-corrected chi connectivity index (χ3v) is 5.92. The fourth-order valence-electron chi connectivity index (χ4n) is 4.05. The summed E-state index contributed by atoms with van der Waals surface area (Å²) in [6.07, 6.45) is 0.277. The number of fused-ring (bicyclic) bond motifs is 1. The van der Waals surface area contributed by atoms with Crippen molar-refractivity contribution < 1.29 is 23.1 Å². The molecule has 0 aliphatic carbocycles. The molecule has 1 aliphatic heterocycles. The van der Waals surface area contributed by atoms with Gasteiger partial charge >= 0.3 is 6.18 Å². The first kappa shape index (κ1) is 23.7. The Kier molecular flexibility index (Phi) is 6.60. The van der Waals surface area contributed by atoms with E-state index in [0.717, 1.165) is 25.1 Å². The van der Waals surface area contributed by atoms with Gasteiger partial charge in [0.2, 0.25) is 11.9 Å². The number of aliphatic hydroxyl groups is 1. The van der Waals surface area contributed by atoms with E-state index in [9.17, 15) is 23.1 Å². The maximum absolute atomic E-state index is 13.2. The molecule has 0 radical (unpaired) electrons. The van der Waals surface area contributed by atoms with Gasteiger partial charge in [0.1, 0.15) is 11.3 Å². The highest BCUT2D eigenvalue weighted by Gasteiger charge is 2.31. The number of aromatic nitrogens is 4. The van der Waals surface area contributed by atoms with Gasteiger partial charge < -0.3 is 26.0 Å². The molecular weight excluding hydrogens is 451 g/mol. The van der Waals surface area contributed by atoms with Crippen LogP contribution in [-0.4, -0.2) is 61.6 Å². The van der Waals surface area contributed by atoms with Crippen molar-refractivity contribution in [2.45, 2.75) is 38.5 Å². The van der Waals surface area contributed by atoms with Crippen molar-refractivity contribution in [3.8, 4) is 11.3 Å². The fraction of sp³-hybridized carbons (Fsp3) is 0.455. The second kappa shape index (κ2) is 9.45. The molecule has 182 valence electrons. The van der Waals surface area contributed by atoms with Crippen molar-refractivity contribution in [2.75, 3.05) is 30.7 Å². The quantitative estimate of drug-likeness (QED) is 0.429. The maximum Gasteiger partial charge on any atom is 0.417 e. The molecule has 1 fully saturated rings. The van der Waals surface area contributed by atoms with E-state index in [2.05, 4.69) is 25.3 Å². The molecule has 12 heteroatoms. The molecule has 5 N–H and O–H groups in total. The lowest BCUT2D eigenvalue weighted by Crippen LogP contribution is -2.40. The highest BCUT2D eigenvalue weighted by Crippen LogP contribution is 2.35. The Morgan fingerprint density at radius 2 is 2.06 bits per heavy atom. The Balaban J connectivity index is 1.45. The van der Waals surface area contributed by atoms with Crippen molar-refractivity contribution in [2.24, 2.45) is 5.92 Å². The van der Waals surface area contributed by atoms with Crippen LogP contribution in [0.5, 0.6) is 0 Å². The number of H-pyrrole nitrogens is 1. The summed E-state index contributed by atoms with van der Waals surface area (Å²) in [7, 11) is 0. The van der Waals surface area contributed by atoms with Crippen LogP contribution in [0.25, 0.3) is 22.3 Å². The van der Waals surface area contributed by atoms with Crippen LogP contribution in [0.2, 0.25) is 0 Å². The van der Waals surface area contributed by atoms with Crippen molar-refractivity contribution in [3.05, 3.63) is 30.2 Å². The zero-order valence-corrected chi connectivity index (χ0v) is 18.6. The van der Waals surface area contributed by atoms with Crippen molar-refractivity contribution in [1.29, 1.82) is 0 Å². The number of nitrogens with one attached hydrogen (secondary N) is 2. The molecule has 0 bridgehead atoms. The molecule has 4 rings (SSSR count). The number of pyridine rings is 1. The Bertz CT molecular complexity index is 1170. The number of likely N-dealkylation sites (tertiary alicyclic amines) is 1. The van der Waals surface area contributed by atoms with Gasteiger partial charge in [0.05, 0.1) is 30.0 Å². The summed E-state index contributed by atoms with van der Waals surface area (Å²) < 4.78 is 39.5. The van der Waals surface area contributed by atoms with Crippen molar-refractivity contribution in [1.82, 2.24) is 24.8 Å². The molecular formula is C22H26F3N7O2.